The van der Waals surface area contributed by atoms with Crippen LogP contribution in [0, 0.1) is 5.92 Å². The third kappa shape index (κ3) is 6.83. The van der Waals surface area contributed by atoms with E-state index in [0.717, 1.165) is 31.7 Å². The number of rotatable bonds is 5. The fourth-order valence-corrected chi connectivity index (χ4v) is 3.57. The summed E-state index contributed by atoms with van der Waals surface area (Å²) in [6.07, 6.45) is 3.72. The van der Waals surface area contributed by atoms with E-state index in [1.165, 1.54) is 5.56 Å². The van der Waals surface area contributed by atoms with Gasteiger partial charge >= 0.3 is 0 Å². The largest absolute Gasteiger partial charge is 0.340 e. The maximum Gasteiger partial charge on any atom is 0.227 e. The second-order valence-electron chi connectivity index (χ2n) is 7.05. The van der Waals surface area contributed by atoms with Crippen LogP contribution in [0.2, 0.25) is 0 Å². The zero-order chi connectivity index (χ0) is 18.5. The first-order valence-corrected chi connectivity index (χ1v) is 9.31. The Bertz CT molecular complexity index is 712. The van der Waals surface area contributed by atoms with Gasteiger partial charge < -0.3 is 10.6 Å². The van der Waals surface area contributed by atoms with Gasteiger partial charge in [-0.2, -0.15) is 0 Å². The average Bonchev–Trinajstić information content (AvgIpc) is 2.73. The monoisotopic (exact) mass is 460 g/mol. The Morgan fingerprint density at radius 1 is 0.931 bits per heavy atom. The molecule has 1 amide bonds. The van der Waals surface area contributed by atoms with Crippen LogP contribution in [0.1, 0.15) is 37.1 Å². The van der Waals surface area contributed by atoms with E-state index in [9.17, 15) is 4.79 Å². The standard InChI is InChI=1S/C21H28N4O.3ClH/c1-16(20(22)18-7-4-3-5-8-18)21(26)25-13-11-24(12-14-25)17(2)19-9-6-10-23-15-19;;;/h3-10,15-17,20H,11-14,22H2,1-2H3;3*1H. The van der Waals surface area contributed by atoms with Crippen molar-refractivity contribution < 1.29 is 4.79 Å². The van der Waals surface area contributed by atoms with Gasteiger partial charge in [-0.3, -0.25) is 14.7 Å². The minimum atomic E-state index is -0.268. The summed E-state index contributed by atoms with van der Waals surface area (Å²) < 4.78 is 0. The topological polar surface area (TPSA) is 62.5 Å². The van der Waals surface area contributed by atoms with Gasteiger partial charge in [-0.15, -0.1) is 37.2 Å². The van der Waals surface area contributed by atoms with E-state index in [-0.39, 0.29) is 55.1 Å². The van der Waals surface area contributed by atoms with Crippen LogP contribution in [-0.2, 0) is 4.79 Å². The molecule has 0 radical (unpaired) electrons. The van der Waals surface area contributed by atoms with Crippen molar-refractivity contribution in [3.8, 4) is 0 Å². The van der Waals surface area contributed by atoms with Gasteiger partial charge in [-0.05, 0) is 24.1 Å². The van der Waals surface area contributed by atoms with Crippen molar-refractivity contribution in [3.63, 3.8) is 0 Å². The van der Waals surface area contributed by atoms with E-state index in [2.05, 4.69) is 22.9 Å². The lowest BCUT2D eigenvalue weighted by Gasteiger charge is -2.39. The van der Waals surface area contributed by atoms with E-state index in [1.54, 1.807) is 6.20 Å². The average molecular weight is 462 g/mol. The highest BCUT2D eigenvalue weighted by Gasteiger charge is 2.30. The highest BCUT2D eigenvalue weighted by atomic mass is 35.5. The molecular formula is C21H31Cl3N4O. The number of hydrogen-bond acceptors (Lipinski definition) is 4. The fraction of sp³-hybridized carbons (Fsp3) is 0.429. The number of nitrogens with zero attached hydrogens (tertiary/aromatic N) is 3. The van der Waals surface area contributed by atoms with Crippen LogP contribution in [0.25, 0.3) is 0 Å². The van der Waals surface area contributed by atoms with Crippen LogP contribution < -0.4 is 5.73 Å². The van der Waals surface area contributed by atoms with Crippen molar-refractivity contribution in [2.45, 2.75) is 25.9 Å². The van der Waals surface area contributed by atoms with E-state index >= 15 is 0 Å². The summed E-state index contributed by atoms with van der Waals surface area (Å²) in [7, 11) is 0. The quantitative estimate of drug-likeness (QED) is 0.734. The molecule has 1 saturated heterocycles. The predicted octanol–water partition coefficient (Wildman–Crippen LogP) is 3.89. The van der Waals surface area contributed by atoms with Crippen LogP contribution in [0.5, 0.6) is 0 Å². The molecule has 162 valence electrons. The van der Waals surface area contributed by atoms with Crippen molar-refractivity contribution in [1.82, 2.24) is 14.8 Å². The molecule has 2 N–H and O–H groups in total. The number of pyridine rings is 1. The van der Waals surface area contributed by atoms with Gasteiger partial charge in [0.1, 0.15) is 0 Å². The molecule has 2 heterocycles. The molecule has 3 atom stereocenters. The van der Waals surface area contributed by atoms with Crippen molar-refractivity contribution >= 4 is 43.1 Å². The molecule has 0 spiro atoms. The van der Waals surface area contributed by atoms with Crippen LogP contribution in [-0.4, -0.2) is 46.9 Å². The third-order valence-electron chi connectivity index (χ3n) is 5.45. The lowest BCUT2D eigenvalue weighted by atomic mass is 9.94. The minimum absolute atomic E-state index is 0. The number of carbonyl (C=O) groups excluding carboxylic acids is 1. The molecule has 0 aliphatic carbocycles. The van der Waals surface area contributed by atoms with Crippen LogP contribution in [0.15, 0.2) is 54.9 Å². The van der Waals surface area contributed by atoms with Gasteiger partial charge in [0.05, 0.1) is 5.92 Å². The molecular weight excluding hydrogens is 431 g/mol. The molecule has 3 unspecified atom stereocenters. The van der Waals surface area contributed by atoms with Gasteiger partial charge in [0.2, 0.25) is 5.91 Å². The molecule has 1 fully saturated rings. The lowest BCUT2D eigenvalue weighted by Crippen LogP contribution is -2.51. The number of amides is 1. The smallest absolute Gasteiger partial charge is 0.227 e. The number of carbonyl (C=O) groups is 1. The summed E-state index contributed by atoms with van der Waals surface area (Å²) in [5.74, 6) is -0.0743. The van der Waals surface area contributed by atoms with E-state index < -0.39 is 0 Å². The number of halogens is 3. The Labute approximate surface area is 192 Å². The van der Waals surface area contributed by atoms with Crippen LogP contribution in [0.3, 0.4) is 0 Å². The zero-order valence-corrected chi connectivity index (χ0v) is 19.3. The molecule has 0 saturated carbocycles. The van der Waals surface area contributed by atoms with Crippen molar-refractivity contribution in [2.75, 3.05) is 26.2 Å². The highest BCUT2D eigenvalue weighted by Crippen LogP contribution is 2.24. The second kappa shape index (κ2) is 13.0. The van der Waals surface area contributed by atoms with Gasteiger partial charge in [0.25, 0.3) is 0 Å². The zero-order valence-electron chi connectivity index (χ0n) is 16.8. The Kier molecular flexibility index (Phi) is 12.4. The maximum absolute atomic E-state index is 12.9. The summed E-state index contributed by atoms with van der Waals surface area (Å²) in [6.45, 7) is 7.36. The Morgan fingerprint density at radius 2 is 1.52 bits per heavy atom. The molecule has 29 heavy (non-hydrogen) atoms. The van der Waals surface area contributed by atoms with E-state index in [0.29, 0.717) is 6.04 Å². The summed E-state index contributed by atoms with van der Waals surface area (Å²) in [4.78, 5) is 21.5. The van der Waals surface area contributed by atoms with Gasteiger partial charge in [-0.25, -0.2) is 0 Å². The number of hydrogen-bond donors (Lipinski definition) is 1. The molecule has 3 rings (SSSR count). The van der Waals surface area contributed by atoms with Crippen molar-refractivity contribution in [3.05, 3.63) is 66.0 Å². The van der Waals surface area contributed by atoms with Crippen LogP contribution in [0.4, 0.5) is 0 Å². The van der Waals surface area contributed by atoms with Crippen molar-refractivity contribution in [2.24, 2.45) is 11.7 Å². The van der Waals surface area contributed by atoms with Gasteiger partial charge in [0, 0.05) is 50.7 Å². The molecule has 5 nitrogen and oxygen atoms in total. The first kappa shape index (κ1) is 27.6. The van der Waals surface area contributed by atoms with E-state index in [4.69, 9.17) is 5.73 Å². The Hall–Kier alpha value is -1.37. The predicted molar refractivity (Wildman–Crippen MR) is 125 cm³/mol. The highest BCUT2D eigenvalue weighted by molar-refractivity contribution is 5.86. The maximum atomic E-state index is 12.9. The summed E-state index contributed by atoms with van der Waals surface area (Å²) in [6, 6.07) is 14.0. The molecule has 0 bridgehead atoms. The minimum Gasteiger partial charge on any atom is -0.340 e. The number of aromatic nitrogens is 1. The summed E-state index contributed by atoms with van der Waals surface area (Å²) in [5.41, 5.74) is 8.56. The first-order chi connectivity index (χ1) is 12.6. The molecule has 1 aromatic heterocycles. The molecule has 1 aromatic carbocycles. The first-order valence-electron chi connectivity index (χ1n) is 9.31. The Balaban J connectivity index is 0.00000261. The number of piperazine rings is 1. The second-order valence-corrected chi connectivity index (χ2v) is 7.05. The van der Waals surface area contributed by atoms with Gasteiger partial charge in [0.15, 0.2) is 0 Å². The number of nitrogens with two attached hydrogens (primary N) is 1. The normalized spacial score (nSPS) is 17.0. The van der Waals surface area contributed by atoms with E-state index in [1.807, 2.05) is 54.4 Å². The molecule has 1 aliphatic heterocycles. The summed E-state index contributed by atoms with van der Waals surface area (Å²) in [5, 5.41) is 0. The number of benzene rings is 1. The Morgan fingerprint density at radius 3 is 2.07 bits per heavy atom. The van der Waals surface area contributed by atoms with Crippen molar-refractivity contribution in [1.29, 1.82) is 0 Å². The third-order valence-corrected chi connectivity index (χ3v) is 5.45. The van der Waals surface area contributed by atoms with Crippen LogP contribution >= 0.6 is 37.2 Å². The van der Waals surface area contributed by atoms with Gasteiger partial charge in [-0.1, -0.05) is 43.3 Å². The molecule has 8 heteroatoms. The summed E-state index contributed by atoms with van der Waals surface area (Å²) >= 11 is 0. The lowest BCUT2D eigenvalue weighted by molar-refractivity contribution is -0.137. The SMILES string of the molecule is CC(C(=O)N1CCN(C(C)c2cccnc2)CC1)C(N)c1ccccc1.Cl.Cl.Cl. The molecule has 2 aromatic rings. The fourth-order valence-electron chi connectivity index (χ4n) is 3.57. The molecule has 1 aliphatic rings.